The molecule has 1 aliphatic carbocycles. The molecule has 108 valence electrons. The van der Waals surface area contributed by atoms with Crippen molar-refractivity contribution < 1.29 is 9.18 Å². The molecule has 3 rings (SSSR count). The van der Waals surface area contributed by atoms with Gasteiger partial charge in [-0.1, -0.05) is 11.6 Å². The standard InChI is InChI=1S/C14H17ClFN3O/c15-11-6-10(2-3-12(11)16)18-14(20)8-1-4-13-9(5-8)7-17-19-13/h2-3,6,8-9,13,17,19H,1,4-5,7H2,(H,18,20). The third kappa shape index (κ3) is 2.80. The first-order chi connectivity index (χ1) is 9.63. The highest BCUT2D eigenvalue weighted by molar-refractivity contribution is 6.31. The monoisotopic (exact) mass is 297 g/mol. The van der Waals surface area contributed by atoms with Gasteiger partial charge in [-0.2, -0.15) is 0 Å². The summed E-state index contributed by atoms with van der Waals surface area (Å²) < 4.78 is 13.1. The highest BCUT2D eigenvalue weighted by Gasteiger charge is 2.36. The second-order valence-corrected chi connectivity index (χ2v) is 5.93. The Balaban J connectivity index is 1.62. The van der Waals surface area contributed by atoms with Gasteiger partial charge in [0.1, 0.15) is 5.82 Å². The molecule has 1 heterocycles. The minimum atomic E-state index is -0.478. The van der Waals surface area contributed by atoms with Crippen LogP contribution in [0.1, 0.15) is 19.3 Å². The predicted molar refractivity (Wildman–Crippen MR) is 75.8 cm³/mol. The van der Waals surface area contributed by atoms with Crippen LogP contribution in [0.2, 0.25) is 5.02 Å². The molecule has 0 spiro atoms. The summed E-state index contributed by atoms with van der Waals surface area (Å²) in [6.07, 6.45) is 2.75. The van der Waals surface area contributed by atoms with Gasteiger partial charge in [0, 0.05) is 24.2 Å². The number of halogens is 2. The smallest absolute Gasteiger partial charge is 0.227 e. The summed E-state index contributed by atoms with van der Waals surface area (Å²) in [7, 11) is 0. The molecule has 4 nitrogen and oxygen atoms in total. The molecule has 1 saturated carbocycles. The fourth-order valence-corrected chi connectivity index (χ4v) is 3.24. The Bertz CT molecular complexity index is 525. The lowest BCUT2D eigenvalue weighted by Crippen LogP contribution is -2.38. The van der Waals surface area contributed by atoms with Crippen molar-refractivity contribution in [2.24, 2.45) is 11.8 Å². The number of rotatable bonds is 2. The number of hydrogen-bond acceptors (Lipinski definition) is 3. The van der Waals surface area contributed by atoms with Crippen LogP contribution < -0.4 is 16.2 Å². The molecule has 1 amide bonds. The van der Waals surface area contributed by atoms with Crippen molar-refractivity contribution in [3.05, 3.63) is 29.0 Å². The zero-order valence-electron chi connectivity index (χ0n) is 11.0. The molecular formula is C14H17ClFN3O. The second kappa shape index (κ2) is 5.68. The third-order valence-electron chi connectivity index (χ3n) is 4.19. The molecule has 1 aromatic carbocycles. The van der Waals surface area contributed by atoms with E-state index < -0.39 is 5.82 Å². The fraction of sp³-hybridized carbons (Fsp3) is 0.500. The maximum absolute atomic E-state index is 13.1. The van der Waals surface area contributed by atoms with Crippen LogP contribution in [0.25, 0.3) is 0 Å². The molecular weight excluding hydrogens is 281 g/mol. The first-order valence-electron chi connectivity index (χ1n) is 6.88. The number of fused-ring (bicyclic) bond motifs is 1. The van der Waals surface area contributed by atoms with E-state index in [0.717, 1.165) is 25.8 Å². The summed E-state index contributed by atoms with van der Waals surface area (Å²) in [6, 6.07) is 4.72. The van der Waals surface area contributed by atoms with Crippen molar-refractivity contribution in [2.45, 2.75) is 25.3 Å². The molecule has 3 atom stereocenters. The third-order valence-corrected chi connectivity index (χ3v) is 4.48. The van der Waals surface area contributed by atoms with Gasteiger partial charge in [0.25, 0.3) is 0 Å². The van der Waals surface area contributed by atoms with Crippen LogP contribution in [0, 0.1) is 17.7 Å². The first-order valence-corrected chi connectivity index (χ1v) is 7.25. The van der Waals surface area contributed by atoms with Gasteiger partial charge in [-0.05, 0) is 43.4 Å². The molecule has 6 heteroatoms. The molecule has 1 aliphatic heterocycles. The molecule has 20 heavy (non-hydrogen) atoms. The summed E-state index contributed by atoms with van der Waals surface area (Å²) in [5, 5.41) is 2.85. The van der Waals surface area contributed by atoms with Crippen molar-refractivity contribution >= 4 is 23.2 Å². The predicted octanol–water partition coefficient (Wildman–Crippen LogP) is 2.31. The molecule has 3 unspecified atom stereocenters. The SMILES string of the molecule is O=C(Nc1ccc(F)c(Cl)c1)C1CCC2NNCC2C1. The minimum Gasteiger partial charge on any atom is -0.326 e. The van der Waals surface area contributed by atoms with Crippen LogP contribution in [0.4, 0.5) is 10.1 Å². The van der Waals surface area contributed by atoms with Crippen molar-refractivity contribution in [2.75, 3.05) is 11.9 Å². The summed E-state index contributed by atoms with van der Waals surface area (Å²) in [6.45, 7) is 0.914. The van der Waals surface area contributed by atoms with E-state index in [0.29, 0.717) is 17.6 Å². The van der Waals surface area contributed by atoms with Crippen molar-refractivity contribution in [3.63, 3.8) is 0 Å². The van der Waals surface area contributed by atoms with E-state index in [1.165, 1.54) is 18.2 Å². The Morgan fingerprint density at radius 2 is 2.25 bits per heavy atom. The minimum absolute atomic E-state index is 0.00183. The molecule has 3 N–H and O–H groups in total. The Morgan fingerprint density at radius 1 is 1.40 bits per heavy atom. The first kappa shape index (κ1) is 13.8. The molecule has 2 fully saturated rings. The van der Waals surface area contributed by atoms with Gasteiger partial charge in [-0.25, -0.2) is 4.39 Å². The summed E-state index contributed by atoms with van der Waals surface area (Å²) in [4.78, 5) is 12.3. The van der Waals surface area contributed by atoms with Crippen LogP contribution in [-0.2, 0) is 4.79 Å². The highest BCUT2D eigenvalue weighted by atomic mass is 35.5. The van der Waals surface area contributed by atoms with Gasteiger partial charge in [0.2, 0.25) is 5.91 Å². The van der Waals surface area contributed by atoms with E-state index >= 15 is 0 Å². The largest absolute Gasteiger partial charge is 0.326 e. The normalized spacial score (nSPS) is 29.0. The molecule has 1 saturated heterocycles. The molecule has 0 bridgehead atoms. The van der Waals surface area contributed by atoms with Gasteiger partial charge in [0.05, 0.1) is 5.02 Å². The number of nitrogens with one attached hydrogen (secondary N) is 3. The number of hydrogen-bond donors (Lipinski definition) is 3. The number of carbonyl (C=O) groups is 1. The van der Waals surface area contributed by atoms with E-state index in [1.807, 2.05) is 0 Å². The number of amides is 1. The van der Waals surface area contributed by atoms with Crippen molar-refractivity contribution in [3.8, 4) is 0 Å². The average molecular weight is 298 g/mol. The molecule has 0 aromatic heterocycles. The molecule has 1 aromatic rings. The zero-order valence-corrected chi connectivity index (χ0v) is 11.7. The van der Waals surface area contributed by atoms with E-state index in [4.69, 9.17) is 11.6 Å². The Labute approximate surface area is 122 Å². The Hall–Kier alpha value is -1.17. The number of anilines is 1. The summed E-state index contributed by atoms with van der Waals surface area (Å²) in [5.74, 6) is 0.0457. The number of benzene rings is 1. The van der Waals surface area contributed by atoms with Gasteiger partial charge in [-0.15, -0.1) is 0 Å². The average Bonchev–Trinajstić information content (AvgIpc) is 2.90. The fourth-order valence-electron chi connectivity index (χ4n) is 3.06. The molecule has 2 aliphatic rings. The van der Waals surface area contributed by atoms with Crippen LogP contribution in [0.5, 0.6) is 0 Å². The van der Waals surface area contributed by atoms with Crippen molar-refractivity contribution in [1.29, 1.82) is 0 Å². The zero-order chi connectivity index (χ0) is 14.1. The van der Waals surface area contributed by atoms with Gasteiger partial charge < -0.3 is 5.32 Å². The van der Waals surface area contributed by atoms with E-state index in [-0.39, 0.29) is 16.8 Å². The Kier molecular flexibility index (Phi) is 3.92. The van der Waals surface area contributed by atoms with Crippen molar-refractivity contribution in [1.82, 2.24) is 10.9 Å². The van der Waals surface area contributed by atoms with Gasteiger partial charge in [-0.3, -0.25) is 15.6 Å². The van der Waals surface area contributed by atoms with Gasteiger partial charge >= 0.3 is 0 Å². The van der Waals surface area contributed by atoms with E-state index in [1.54, 1.807) is 0 Å². The van der Waals surface area contributed by atoms with Crippen LogP contribution in [0.15, 0.2) is 18.2 Å². The Morgan fingerprint density at radius 3 is 3.05 bits per heavy atom. The lowest BCUT2D eigenvalue weighted by Gasteiger charge is -2.29. The van der Waals surface area contributed by atoms with E-state index in [9.17, 15) is 9.18 Å². The van der Waals surface area contributed by atoms with Crippen LogP contribution in [-0.4, -0.2) is 18.5 Å². The topological polar surface area (TPSA) is 53.2 Å². The lowest BCUT2D eigenvalue weighted by molar-refractivity contribution is -0.121. The lowest BCUT2D eigenvalue weighted by atomic mass is 9.78. The number of hydrazine groups is 1. The number of carbonyl (C=O) groups excluding carboxylic acids is 1. The summed E-state index contributed by atoms with van der Waals surface area (Å²) >= 11 is 5.71. The molecule has 0 radical (unpaired) electrons. The quantitative estimate of drug-likeness (QED) is 0.785. The van der Waals surface area contributed by atoms with Gasteiger partial charge in [0.15, 0.2) is 0 Å². The highest BCUT2D eigenvalue weighted by Crippen LogP contribution is 2.32. The summed E-state index contributed by atoms with van der Waals surface area (Å²) in [5.41, 5.74) is 6.93. The van der Waals surface area contributed by atoms with E-state index in [2.05, 4.69) is 16.2 Å². The van der Waals surface area contributed by atoms with Crippen LogP contribution >= 0.6 is 11.6 Å². The maximum atomic E-state index is 13.1. The second-order valence-electron chi connectivity index (χ2n) is 5.52. The van der Waals surface area contributed by atoms with Crippen LogP contribution in [0.3, 0.4) is 0 Å². The maximum Gasteiger partial charge on any atom is 0.227 e.